The van der Waals surface area contributed by atoms with E-state index < -0.39 is 0 Å². The number of nitrogens with two attached hydrogens (primary N) is 1. The van der Waals surface area contributed by atoms with Crippen molar-refractivity contribution in [2.75, 3.05) is 13.1 Å². The molecule has 3 rings (SSSR count). The summed E-state index contributed by atoms with van der Waals surface area (Å²) in [7, 11) is 0. The Bertz CT molecular complexity index is 653. The van der Waals surface area contributed by atoms with Crippen LogP contribution in [0.1, 0.15) is 24.2 Å². The van der Waals surface area contributed by atoms with Gasteiger partial charge in [-0.15, -0.1) is 23.7 Å². The largest absolute Gasteiger partial charge is 0.327 e. The maximum Gasteiger partial charge on any atom is 0.259 e. The summed E-state index contributed by atoms with van der Waals surface area (Å²) in [5.41, 5.74) is 7.79. The van der Waals surface area contributed by atoms with Gasteiger partial charge in [0.25, 0.3) is 5.56 Å². The lowest BCUT2D eigenvalue weighted by Gasteiger charge is -2.30. The van der Waals surface area contributed by atoms with Crippen molar-refractivity contribution >= 4 is 28.7 Å². The third kappa shape index (κ3) is 3.03. The number of hydrogen-bond acceptors (Lipinski definition) is 5. The summed E-state index contributed by atoms with van der Waals surface area (Å²) in [6.45, 7) is 4.58. The summed E-state index contributed by atoms with van der Waals surface area (Å²) in [4.78, 5) is 19.7. The molecule has 1 aliphatic rings. The minimum atomic E-state index is 0. The van der Waals surface area contributed by atoms with Gasteiger partial charge in [0.05, 0.1) is 5.69 Å². The van der Waals surface area contributed by atoms with Gasteiger partial charge in [0.2, 0.25) is 0 Å². The molecule has 1 saturated heterocycles. The zero-order chi connectivity index (χ0) is 13.4. The van der Waals surface area contributed by atoms with E-state index >= 15 is 0 Å². The molecule has 1 unspecified atom stereocenters. The molecule has 0 aromatic carbocycles. The Morgan fingerprint density at radius 2 is 2.35 bits per heavy atom. The van der Waals surface area contributed by atoms with E-state index in [1.807, 2.05) is 12.3 Å². The topological polar surface area (TPSA) is 63.6 Å². The first-order chi connectivity index (χ1) is 9.13. The van der Waals surface area contributed by atoms with Crippen molar-refractivity contribution in [3.8, 4) is 0 Å². The highest BCUT2D eigenvalue weighted by molar-refractivity contribution is 7.15. The van der Waals surface area contributed by atoms with Crippen LogP contribution in [0.4, 0.5) is 0 Å². The summed E-state index contributed by atoms with van der Waals surface area (Å²) >= 11 is 1.51. The lowest BCUT2D eigenvalue weighted by molar-refractivity contribution is 0.199. The summed E-state index contributed by atoms with van der Waals surface area (Å²) in [5.74, 6) is 0. The van der Waals surface area contributed by atoms with Gasteiger partial charge in [-0.3, -0.25) is 14.1 Å². The molecular weight excluding hydrogens is 296 g/mol. The van der Waals surface area contributed by atoms with E-state index in [4.69, 9.17) is 5.73 Å². The maximum absolute atomic E-state index is 12.1. The predicted octanol–water partition coefficient (Wildman–Crippen LogP) is 1.41. The number of thiazole rings is 1. The molecule has 0 bridgehead atoms. The molecule has 0 saturated carbocycles. The van der Waals surface area contributed by atoms with Gasteiger partial charge in [-0.1, -0.05) is 0 Å². The summed E-state index contributed by atoms with van der Waals surface area (Å²) < 4.78 is 1.66. The van der Waals surface area contributed by atoms with Gasteiger partial charge in [-0.05, 0) is 26.3 Å². The molecule has 0 aliphatic carbocycles. The molecule has 2 N–H and O–H groups in total. The van der Waals surface area contributed by atoms with Gasteiger partial charge in [-0.2, -0.15) is 0 Å². The molecule has 1 atom stereocenters. The summed E-state index contributed by atoms with van der Waals surface area (Å²) in [6, 6.07) is 1.90. The van der Waals surface area contributed by atoms with Gasteiger partial charge in [-0.25, -0.2) is 4.98 Å². The third-order valence-electron chi connectivity index (χ3n) is 3.56. The van der Waals surface area contributed by atoms with Crippen molar-refractivity contribution in [1.82, 2.24) is 14.3 Å². The molecule has 3 heterocycles. The van der Waals surface area contributed by atoms with E-state index in [2.05, 4.69) is 9.88 Å². The first kappa shape index (κ1) is 15.4. The van der Waals surface area contributed by atoms with E-state index in [0.717, 1.165) is 48.8 Å². The van der Waals surface area contributed by atoms with Crippen LogP contribution in [0.25, 0.3) is 4.96 Å². The summed E-state index contributed by atoms with van der Waals surface area (Å²) in [6.07, 6.45) is 2.22. The molecule has 0 spiro atoms. The number of halogens is 1. The molecule has 0 radical (unpaired) electrons. The van der Waals surface area contributed by atoms with E-state index in [1.165, 1.54) is 11.3 Å². The fourth-order valence-corrected chi connectivity index (χ4v) is 3.54. The second-order valence-electron chi connectivity index (χ2n) is 5.22. The lowest BCUT2D eigenvalue weighted by Crippen LogP contribution is -2.42. The number of nitrogens with zero attached hydrogens (tertiary/aromatic N) is 3. The zero-order valence-corrected chi connectivity index (χ0v) is 13.0. The van der Waals surface area contributed by atoms with Crippen molar-refractivity contribution in [2.45, 2.75) is 32.4 Å². The zero-order valence-electron chi connectivity index (χ0n) is 11.4. The van der Waals surface area contributed by atoms with Crippen LogP contribution in [0.5, 0.6) is 0 Å². The predicted molar refractivity (Wildman–Crippen MR) is 83.8 cm³/mol. The number of fused-ring (bicyclic) bond motifs is 1. The van der Waals surface area contributed by atoms with E-state index in [0.29, 0.717) is 0 Å². The Labute approximate surface area is 127 Å². The molecule has 20 heavy (non-hydrogen) atoms. The Morgan fingerprint density at radius 1 is 1.55 bits per heavy atom. The molecule has 0 amide bonds. The standard InChI is InChI=1S/C13H18N4OS.ClH/c1-9-8-19-13-15-11(5-12(18)17(9)13)7-16-4-2-3-10(14)6-16;/h5,8,10H,2-4,6-7,14H2,1H3;1H. The van der Waals surface area contributed by atoms with Gasteiger partial charge >= 0.3 is 0 Å². The van der Waals surface area contributed by atoms with Crippen LogP contribution >= 0.6 is 23.7 Å². The number of hydrogen-bond donors (Lipinski definition) is 1. The molecule has 7 heteroatoms. The minimum Gasteiger partial charge on any atom is -0.327 e. The van der Waals surface area contributed by atoms with Crippen LogP contribution in [-0.4, -0.2) is 33.4 Å². The molecule has 110 valence electrons. The van der Waals surface area contributed by atoms with Crippen LogP contribution in [0, 0.1) is 6.92 Å². The van der Waals surface area contributed by atoms with Crippen molar-refractivity contribution in [3.63, 3.8) is 0 Å². The monoisotopic (exact) mass is 314 g/mol. The maximum atomic E-state index is 12.1. The number of aromatic nitrogens is 2. The van der Waals surface area contributed by atoms with E-state index in [9.17, 15) is 4.79 Å². The Kier molecular flexibility index (Phi) is 4.80. The van der Waals surface area contributed by atoms with Crippen molar-refractivity contribution in [3.05, 3.63) is 33.2 Å². The fraction of sp³-hybridized carbons (Fsp3) is 0.538. The number of likely N-dealkylation sites (tertiary alicyclic amines) is 1. The Morgan fingerprint density at radius 3 is 3.10 bits per heavy atom. The van der Waals surface area contributed by atoms with Crippen LogP contribution in [-0.2, 0) is 6.54 Å². The molecular formula is C13H19ClN4OS. The smallest absolute Gasteiger partial charge is 0.259 e. The van der Waals surface area contributed by atoms with Crippen LogP contribution in [0.15, 0.2) is 16.2 Å². The molecule has 1 aliphatic heterocycles. The molecule has 1 fully saturated rings. The van der Waals surface area contributed by atoms with Crippen molar-refractivity contribution in [2.24, 2.45) is 5.73 Å². The fourth-order valence-electron chi connectivity index (χ4n) is 2.65. The van der Waals surface area contributed by atoms with E-state index in [-0.39, 0.29) is 24.0 Å². The van der Waals surface area contributed by atoms with Gasteiger partial charge < -0.3 is 5.73 Å². The number of aryl methyl sites for hydroxylation is 1. The highest BCUT2D eigenvalue weighted by Crippen LogP contribution is 2.14. The third-order valence-corrected chi connectivity index (χ3v) is 4.50. The Hall–Kier alpha value is -0.950. The van der Waals surface area contributed by atoms with Gasteiger partial charge in [0, 0.05) is 36.3 Å². The number of piperidine rings is 1. The SMILES string of the molecule is Cc1csc2nc(CN3CCCC(N)C3)cc(=O)n12.Cl. The first-order valence-corrected chi connectivity index (χ1v) is 7.46. The molecule has 5 nitrogen and oxygen atoms in total. The van der Waals surface area contributed by atoms with Gasteiger partial charge in [0.1, 0.15) is 0 Å². The average molecular weight is 315 g/mol. The van der Waals surface area contributed by atoms with Crippen LogP contribution < -0.4 is 11.3 Å². The Balaban J connectivity index is 0.00000147. The second kappa shape index (κ2) is 6.22. The van der Waals surface area contributed by atoms with Crippen LogP contribution in [0.2, 0.25) is 0 Å². The lowest BCUT2D eigenvalue weighted by atomic mass is 10.1. The average Bonchev–Trinajstić information content (AvgIpc) is 2.71. The molecule has 2 aromatic heterocycles. The van der Waals surface area contributed by atoms with E-state index in [1.54, 1.807) is 10.5 Å². The normalized spacial score (nSPS) is 20.0. The summed E-state index contributed by atoms with van der Waals surface area (Å²) in [5, 5.41) is 1.96. The quantitative estimate of drug-likeness (QED) is 0.910. The highest BCUT2D eigenvalue weighted by Gasteiger charge is 2.17. The van der Waals surface area contributed by atoms with Crippen molar-refractivity contribution < 1.29 is 0 Å². The highest BCUT2D eigenvalue weighted by atomic mass is 35.5. The second-order valence-corrected chi connectivity index (χ2v) is 6.05. The first-order valence-electron chi connectivity index (χ1n) is 6.58. The minimum absolute atomic E-state index is 0. The molecule has 2 aromatic rings. The van der Waals surface area contributed by atoms with Crippen molar-refractivity contribution in [1.29, 1.82) is 0 Å². The van der Waals surface area contributed by atoms with Crippen LogP contribution in [0.3, 0.4) is 0 Å². The van der Waals surface area contributed by atoms with Gasteiger partial charge in [0.15, 0.2) is 4.96 Å². The number of rotatable bonds is 2.